The summed E-state index contributed by atoms with van der Waals surface area (Å²) in [5, 5.41) is 0. The predicted molar refractivity (Wildman–Crippen MR) is 80.9 cm³/mol. The van der Waals surface area contributed by atoms with E-state index in [1.807, 2.05) is 6.92 Å². The lowest BCUT2D eigenvalue weighted by atomic mass is 10.2. The number of hydrogen-bond acceptors (Lipinski definition) is 2. The molecule has 0 bridgehead atoms. The Bertz CT molecular complexity index is 729. The molecule has 3 nitrogen and oxygen atoms in total. The van der Waals surface area contributed by atoms with Gasteiger partial charge in [-0.05, 0) is 55.0 Å². The molecular weight excluding hydrogens is 345 g/mol. The Morgan fingerprint density at radius 3 is 2.25 bits per heavy atom. The number of hydrogen-bond donors (Lipinski definition) is 0. The summed E-state index contributed by atoms with van der Waals surface area (Å²) in [7, 11) is -2.21. The van der Waals surface area contributed by atoms with E-state index >= 15 is 0 Å². The van der Waals surface area contributed by atoms with Gasteiger partial charge < -0.3 is 0 Å². The smallest absolute Gasteiger partial charge is 0.264 e. The molecule has 2 aromatic carbocycles. The molecule has 0 aliphatic rings. The highest BCUT2D eigenvalue weighted by Crippen LogP contribution is 2.26. The molecule has 0 fully saturated rings. The minimum absolute atomic E-state index is 0.0574. The van der Waals surface area contributed by atoms with Crippen LogP contribution in [0.1, 0.15) is 5.56 Å². The van der Waals surface area contributed by atoms with Gasteiger partial charge in [-0.15, -0.1) is 0 Å². The lowest BCUT2D eigenvalue weighted by Gasteiger charge is -2.20. The maximum absolute atomic E-state index is 12.9. The SMILES string of the molecule is Cc1cc(N(C)S(=O)(=O)c2ccc(F)cc2)ccc1Br. The van der Waals surface area contributed by atoms with Gasteiger partial charge in [-0.25, -0.2) is 12.8 Å². The Labute approximate surface area is 126 Å². The fourth-order valence-corrected chi connectivity index (χ4v) is 3.16. The summed E-state index contributed by atoms with van der Waals surface area (Å²) in [5.74, 6) is -0.467. The minimum Gasteiger partial charge on any atom is -0.269 e. The van der Waals surface area contributed by atoms with Gasteiger partial charge in [0.1, 0.15) is 5.82 Å². The Morgan fingerprint density at radius 1 is 1.10 bits per heavy atom. The van der Waals surface area contributed by atoms with Gasteiger partial charge in [0.2, 0.25) is 0 Å². The van der Waals surface area contributed by atoms with Gasteiger partial charge in [0, 0.05) is 11.5 Å². The molecule has 0 radical (unpaired) electrons. The molecule has 2 aromatic rings. The van der Waals surface area contributed by atoms with Gasteiger partial charge in [0.15, 0.2) is 0 Å². The zero-order valence-electron chi connectivity index (χ0n) is 11.0. The van der Waals surface area contributed by atoms with Crippen molar-refractivity contribution in [1.29, 1.82) is 0 Å². The Hall–Kier alpha value is -1.40. The maximum atomic E-state index is 12.9. The fraction of sp³-hybridized carbons (Fsp3) is 0.143. The second-order valence-electron chi connectivity index (χ2n) is 4.36. The van der Waals surface area contributed by atoms with Crippen molar-refractivity contribution in [1.82, 2.24) is 0 Å². The maximum Gasteiger partial charge on any atom is 0.264 e. The molecule has 0 heterocycles. The predicted octanol–water partition coefficient (Wildman–Crippen LogP) is 3.72. The van der Waals surface area contributed by atoms with Gasteiger partial charge in [-0.2, -0.15) is 0 Å². The first-order valence-electron chi connectivity index (χ1n) is 5.83. The standard InChI is InChI=1S/C14H13BrFNO2S/c1-10-9-12(5-8-14(10)15)17(2)20(18,19)13-6-3-11(16)4-7-13/h3-9H,1-2H3. The molecule has 0 saturated carbocycles. The number of benzene rings is 2. The van der Waals surface area contributed by atoms with E-state index in [-0.39, 0.29) is 4.90 Å². The minimum atomic E-state index is -3.69. The van der Waals surface area contributed by atoms with Crippen LogP contribution < -0.4 is 4.31 Å². The van der Waals surface area contributed by atoms with Gasteiger partial charge in [0.05, 0.1) is 10.6 Å². The molecule has 0 atom stereocenters. The second-order valence-corrected chi connectivity index (χ2v) is 7.18. The van der Waals surface area contributed by atoms with E-state index in [9.17, 15) is 12.8 Å². The molecule has 0 aliphatic carbocycles. The van der Waals surface area contributed by atoms with E-state index in [1.165, 1.54) is 23.5 Å². The molecule has 0 spiro atoms. The number of aryl methyl sites for hydroxylation is 1. The quantitative estimate of drug-likeness (QED) is 0.839. The number of nitrogens with zero attached hydrogens (tertiary/aromatic N) is 1. The van der Waals surface area contributed by atoms with Crippen LogP contribution in [0.5, 0.6) is 0 Å². The van der Waals surface area contributed by atoms with Crippen molar-refractivity contribution < 1.29 is 12.8 Å². The topological polar surface area (TPSA) is 37.4 Å². The highest BCUT2D eigenvalue weighted by Gasteiger charge is 2.21. The molecular formula is C14H13BrFNO2S. The number of halogens is 2. The van der Waals surface area contributed by atoms with E-state index in [0.29, 0.717) is 5.69 Å². The summed E-state index contributed by atoms with van der Waals surface area (Å²) in [6.45, 7) is 1.88. The van der Waals surface area contributed by atoms with Crippen LogP contribution in [0.15, 0.2) is 51.8 Å². The van der Waals surface area contributed by atoms with E-state index in [2.05, 4.69) is 15.9 Å². The van der Waals surface area contributed by atoms with Crippen LogP contribution in [-0.2, 0) is 10.0 Å². The zero-order valence-corrected chi connectivity index (χ0v) is 13.4. The molecule has 0 amide bonds. The van der Waals surface area contributed by atoms with Crippen LogP contribution in [0.3, 0.4) is 0 Å². The van der Waals surface area contributed by atoms with Crippen LogP contribution in [0.2, 0.25) is 0 Å². The molecule has 0 saturated heterocycles. The van der Waals surface area contributed by atoms with Gasteiger partial charge in [0.25, 0.3) is 10.0 Å². The van der Waals surface area contributed by atoms with Crippen LogP contribution >= 0.6 is 15.9 Å². The second kappa shape index (κ2) is 5.54. The molecule has 0 aliphatic heterocycles. The Balaban J connectivity index is 2.42. The summed E-state index contributed by atoms with van der Waals surface area (Å²) in [5.41, 5.74) is 1.48. The normalized spacial score (nSPS) is 11.4. The van der Waals surface area contributed by atoms with Crippen LogP contribution in [0.25, 0.3) is 0 Å². The average Bonchev–Trinajstić information content (AvgIpc) is 2.41. The van der Waals surface area contributed by atoms with Crippen LogP contribution in [0.4, 0.5) is 10.1 Å². The largest absolute Gasteiger partial charge is 0.269 e. The van der Waals surface area contributed by atoms with Crippen LogP contribution in [0, 0.1) is 12.7 Å². The first-order valence-corrected chi connectivity index (χ1v) is 8.06. The number of rotatable bonds is 3. The number of anilines is 1. The zero-order chi connectivity index (χ0) is 14.9. The molecule has 6 heteroatoms. The summed E-state index contributed by atoms with van der Waals surface area (Å²) < 4.78 is 39.8. The monoisotopic (exact) mass is 357 g/mol. The lowest BCUT2D eigenvalue weighted by Crippen LogP contribution is -2.26. The third kappa shape index (κ3) is 2.86. The van der Waals surface area contributed by atoms with Crippen molar-refractivity contribution in [3.63, 3.8) is 0 Å². The molecule has 106 valence electrons. The third-order valence-corrected chi connectivity index (χ3v) is 5.67. The highest BCUT2D eigenvalue weighted by molar-refractivity contribution is 9.10. The van der Waals surface area contributed by atoms with E-state index in [1.54, 1.807) is 18.2 Å². The highest BCUT2D eigenvalue weighted by atomic mass is 79.9. The first kappa shape index (κ1) is 15.0. The summed E-state index contributed by atoms with van der Waals surface area (Å²) in [6, 6.07) is 10.0. The van der Waals surface area contributed by atoms with Crippen molar-refractivity contribution in [3.05, 3.63) is 58.3 Å². The van der Waals surface area contributed by atoms with Crippen LogP contribution in [-0.4, -0.2) is 15.5 Å². The van der Waals surface area contributed by atoms with Crippen molar-refractivity contribution in [2.24, 2.45) is 0 Å². The summed E-state index contributed by atoms with van der Waals surface area (Å²) in [6.07, 6.45) is 0. The number of sulfonamides is 1. The molecule has 0 unspecified atom stereocenters. The van der Waals surface area contributed by atoms with Crippen molar-refractivity contribution in [2.45, 2.75) is 11.8 Å². The van der Waals surface area contributed by atoms with Crippen molar-refractivity contribution in [3.8, 4) is 0 Å². The van der Waals surface area contributed by atoms with Crippen molar-refractivity contribution >= 4 is 31.6 Å². The molecule has 20 heavy (non-hydrogen) atoms. The lowest BCUT2D eigenvalue weighted by molar-refractivity contribution is 0.593. The Morgan fingerprint density at radius 2 is 1.70 bits per heavy atom. The average molecular weight is 358 g/mol. The van der Waals surface area contributed by atoms with E-state index < -0.39 is 15.8 Å². The van der Waals surface area contributed by atoms with Gasteiger partial charge >= 0.3 is 0 Å². The first-order chi connectivity index (χ1) is 9.32. The Kier molecular flexibility index (Phi) is 4.15. The molecule has 2 rings (SSSR count). The fourth-order valence-electron chi connectivity index (χ4n) is 1.73. The molecule has 0 N–H and O–H groups in total. The van der Waals surface area contributed by atoms with Crippen molar-refractivity contribution in [2.75, 3.05) is 11.4 Å². The molecule has 0 aromatic heterocycles. The summed E-state index contributed by atoms with van der Waals surface area (Å²) in [4.78, 5) is 0.0574. The van der Waals surface area contributed by atoms with E-state index in [4.69, 9.17) is 0 Å². The van der Waals surface area contributed by atoms with Gasteiger partial charge in [-0.1, -0.05) is 15.9 Å². The van der Waals surface area contributed by atoms with E-state index in [0.717, 1.165) is 22.2 Å². The third-order valence-electron chi connectivity index (χ3n) is 2.98. The van der Waals surface area contributed by atoms with Gasteiger partial charge in [-0.3, -0.25) is 4.31 Å². The summed E-state index contributed by atoms with van der Waals surface area (Å²) >= 11 is 3.37.